The summed E-state index contributed by atoms with van der Waals surface area (Å²) in [6.45, 7) is 35.9. The van der Waals surface area contributed by atoms with Gasteiger partial charge in [0, 0.05) is 16.7 Å². The van der Waals surface area contributed by atoms with Crippen LogP contribution in [0.1, 0.15) is 116 Å². The summed E-state index contributed by atoms with van der Waals surface area (Å²) < 4.78 is 42.9. The molecule has 272 valence electrons. The monoisotopic (exact) mass is 711 g/mol. The van der Waals surface area contributed by atoms with Crippen LogP contribution in [0.15, 0.2) is 12.2 Å². The molecule has 1 saturated heterocycles. The highest BCUT2D eigenvalue weighted by atomic mass is 32.2. The minimum Gasteiger partial charge on any atom is -0.413 e. The molecule has 1 heterocycles. The standard InChI is InChI=1S/C37H69NO6SSi2/c1-18-19-25(2)31(44-47(16,17)34(7,8)9)26(3)32(40)35(10,11)29(43-46(14,15)33(4,5)6)23-30(39)38-28-22-27-20-21-37(28,36(27,12)13)24-45(38,41)42/h18-19,25-29,31H,20-24H2,1-17H3/t25-,26+,27?,28?,29-,31-,37?/m0/s1. The van der Waals surface area contributed by atoms with E-state index in [-0.39, 0.29) is 51.5 Å². The molecule has 1 amide bonds. The van der Waals surface area contributed by atoms with E-state index in [0.29, 0.717) is 5.92 Å². The van der Waals surface area contributed by atoms with Crippen molar-refractivity contribution >= 4 is 38.3 Å². The predicted molar refractivity (Wildman–Crippen MR) is 199 cm³/mol. The van der Waals surface area contributed by atoms with Gasteiger partial charge < -0.3 is 8.85 Å². The van der Waals surface area contributed by atoms with Crippen molar-refractivity contribution in [1.82, 2.24) is 4.31 Å². The number of amides is 1. The smallest absolute Gasteiger partial charge is 0.238 e. The van der Waals surface area contributed by atoms with Crippen LogP contribution in [0.4, 0.5) is 0 Å². The van der Waals surface area contributed by atoms with Gasteiger partial charge in [-0.2, -0.15) is 0 Å². The molecule has 1 aliphatic heterocycles. The maximum Gasteiger partial charge on any atom is 0.238 e. The Labute approximate surface area is 290 Å². The Kier molecular flexibility index (Phi) is 11.0. The molecule has 3 fully saturated rings. The molecule has 0 aromatic rings. The largest absolute Gasteiger partial charge is 0.413 e. The molecule has 0 N–H and O–H groups in total. The van der Waals surface area contributed by atoms with Gasteiger partial charge in [-0.3, -0.25) is 9.59 Å². The quantitative estimate of drug-likeness (QED) is 0.148. The van der Waals surface area contributed by atoms with Crippen molar-refractivity contribution in [2.45, 2.75) is 170 Å². The number of hydrogen-bond acceptors (Lipinski definition) is 6. The molecule has 0 aromatic heterocycles. The van der Waals surface area contributed by atoms with Crippen LogP contribution >= 0.6 is 0 Å². The van der Waals surface area contributed by atoms with Crippen molar-refractivity contribution in [1.29, 1.82) is 0 Å². The molecule has 47 heavy (non-hydrogen) atoms. The Hall–Kier alpha value is -0.816. The van der Waals surface area contributed by atoms with E-state index in [1.54, 1.807) is 0 Å². The lowest BCUT2D eigenvalue weighted by molar-refractivity contribution is -0.143. The topological polar surface area (TPSA) is 90.0 Å². The minimum atomic E-state index is -3.79. The zero-order valence-electron chi connectivity index (χ0n) is 33.0. The number of Topliss-reactive ketones (excluding diaryl/α,β-unsaturated/α-hetero) is 1. The Balaban J connectivity index is 2.04. The van der Waals surface area contributed by atoms with Crippen LogP contribution in [0.25, 0.3) is 0 Å². The molecule has 2 aliphatic carbocycles. The number of carbonyl (C=O) groups excluding carboxylic acids is 2. The van der Waals surface area contributed by atoms with Crippen molar-refractivity contribution in [2.75, 3.05) is 5.75 Å². The maximum absolute atomic E-state index is 14.8. The fraction of sp³-hybridized carbons (Fsp3) is 0.892. The third-order valence-corrected chi connectivity index (χ3v) is 24.8. The van der Waals surface area contributed by atoms with Crippen LogP contribution in [0, 0.1) is 34.0 Å². The highest BCUT2D eigenvalue weighted by molar-refractivity contribution is 7.90. The Morgan fingerprint density at radius 1 is 0.936 bits per heavy atom. The molecule has 10 heteroatoms. The van der Waals surface area contributed by atoms with Gasteiger partial charge in [0.05, 0.1) is 30.4 Å². The lowest BCUT2D eigenvalue weighted by Crippen LogP contribution is -2.55. The average Bonchev–Trinajstić information content (AvgIpc) is 3.37. The fourth-order valence-electron chi connectivity index (χ4n) is 8.33. The number of allylic oxidation sites excluding steroid dienone is 1. The second kappa shape index (κ2) is 12.7. The second-order valence-electron chi connectivity index (χ2n) is 19.5. The third kappa shape index (κ3) is 7.07. The molecule has 2 saturated carbocycles. The van der Waals surface area contributed by atoms with Gasteiger partial charge in [-0.05, 0) is 79.7 Å². The molecule has 0 aromatic carbocycles. The van der Waals surface area contributed by atoms with E-state index >= 15 is 0 Å². The number of rotatable bonds is 12. The Bertz CT molecular complexity index is 1340. The van der Waals surface area contributed by atoms with Crippen molar-refractivity contribution in [3.05, 3.63) is 12.2 Å². The summed E-state index contributed by atoms with van der Waals surface area (Å²) in [6, 6.07) is -0.316. The van der Waals surface area contributed by atoms with Crippen LogP contribution in [-0.4, -0.2) is 65.1 Å². The molecule has 7 atom stereocenters. The normalized spacial score (nSPS) is 28.7. The number of ketones is 1. The molecule has 0 radical (unpaired) electrons. The van der Waals surface area contributed by atoms with E-state index in [2.05, 4.69) is 94.6 Å². The van der Waals surface area contributed by atoms with Crippen molar-refractivity contribution in [3.8, 4) is 0 Å². The molecule has 3 rings (SSSR count). The van der Waals surface area contributed by atoms with Crippen LogP contribution in [-0.2, 0) is 28.5 Å². The van der Waals surface area contributed by atoms with E-state index in [1.165, 1.54) is 4.31 Å². The third-order valence-electron chi connectivity index (χ3n) is 13.9. The van der Waals surface area contributed by atoms with Crippen molar-refractivity contribution < 1.29 is 26.9 Å². The first kappa shape index (κ1) is 40.6. The summed E-state index contributed by atoms with van der Waals surface area (Å²) in [7, 11) is -8.54. The summed E-state index contributed by atoms with van der Waals surface area (Å²) in [5, 5.41) is -0.210. The number of carbonyl (C=O) groups is 2. The van der Waals surface area contributed by atoms with Crippen molar-refractivity contribution in [3.63, 3.8) is 0 Å². The average molecular weight is 712 g/mol. The van der Waals surface area contributed by atoms with Crippen LogP contribution in [0.3, 0.4) is 0 Å². The lowest BCUT2D eigenvalue weighted by atomic mass is 9.69. The van der Waals surface area contributed by atoms with Crippen LogP contribution < -0.4 is 0 Å². The zero-order chi connectivity index (χ0) is 36.6. The van der Waals surface area contributed by atoms with E-state index < -0.39 is 55.4 Å². The number of nitrogens with zero attached hydrogens (tertiary/aromatic N) is 1. The first-order valence-electron chi connectivity index (χ1n) is 18.0. The highest BCUT2D eigenvalue weighted by Crippen LogP contribution is 2.70. The molecular weight excluding hydrogens is 643 g/mol. The van der Waals surface area contributed by atoms with Crippen LogP contribution in [0.2, 0.25) is 36.3 Å². The summed E-state index contributed by atoms with van der Waals surface area (Å²) >= 11 is 0. The summed E-state index contributed by atoms with van der Waals surface area (Å²) in [5.41, 5.74) is -1.62. The van der Waals surface area contributed by atoms with Gasteiger partial charge in [0.25, 0.3) is 0 Å². The molecule has 3 unspecified atom stereocenters. The first-order valence-corrected chi connectivity index (χ1v) is 25.4. The lowest BCUT2D eigenvalue weighted by Gasteiger charge is -2.46. The van der Waals surface area contributed by atoms with Gasteiger partial charge in [-0.25, -0.2) is 12.7 Å². The van der Waals surface area contributed by atoms with Gasteiger partial charge in [0.1, 0.15) is 5.78 Å². The highest BCUT2D eigenvalue weighted by Gasteiger charge is 2.72. The van der Waals surface area contributed by atoms with Gasteiger partial charge >= 0.3 is 0 Å². The minimum absolute atomic E-state index is 0.00246. The summed E-state index contributed by atoms with van der Waals surface area (Å²) in [6.07, 6.45) is 5.41. The Morgan fingerprint density at radius 3 is 1.91 bits per heavy atom. The molecule has 3 aliphatic rings. The van der Waals surface area contributed by atoms with Gasteiger partial charge in [0.15, 0.2) is 16.6 Å². The second-order valence-corrected chi connectivity index (χ2v) is 30.8. The fourth-order valence-corrected chi connectivity index (χ4v) is 13.8. The SMILES string of the molecule is CC=C[C@H](C)[C@H](O[Si](C)(C)C(C)(C)C)[C@@H](C)C(=O)C(C)(C)[C@H](CC(=O)N1C2CC3CCC2(CS1(=O)=O)C3(C)C)O[Si](C)(C)C(C)(C)C. The number of fused-ring (bicyclic) bond motifs is 1. The molecular formula is C37H69NO6SSi2. The number of hydrogen-bond donors (Lipinski definition) is 0. The Morgan fingerprint density at radius 2 is 1.45 bits per heavy atom. The molecule has 2 bridgehead atoms. The van der Waals surface area contributed by atoms with E-state index in [0.717, 1.165) is 19.3 Å². The van der Waals surface area contributed by atoms with Gasteiger partial charge in [-0.15, -0.1) is 0 Å². The van der Waals surface area contributed by atoms with Gasteiger partial charge in [0.2, 0.25) is 15.9 Å². The van der Waals surface area contributed by atoms with Crippen molar-refractivity contribution in [2.24, 2.45) is 34.0 Å². The summed E-state index contributed by atoms with van der Waals surface area (Å²) in [4.78, 5) is 29.3. The molecule has 7 nitrogen and oxygen atoms in total. The molecule has 1 spiro atoms. The first-order chi connectivity index (χ1) is 20.9. The zero-order valence-corrected chi connectivity index (χ0v) is 35.8. The van der Waals surface area contributed by atoms with E-state index in [4.69, 9.17) is 8.85 Å². The maximum atomic E-state index is 14.8. The van der Waals surface area contributed by atoms with E-state index in [9.17, 15) is 18.0 Å². The predicted octanol–water partition coefficient (Wildman–Crippen LogP) is 8.97. The number of sulfonamides is 1. The van der Waals surface area contributed by atoms with E-state index in [1.807, 2.05) is 33.8 Å². The van der Waals surface area contributed by atoms with Gasteiger partial charge in [-0.1, -0.05) is 95.2 Å². The van der Waals surface area contributed by atoms with Crippen LogP contribution in [0.5, 0.6) is 0 Å². The summed E-state index contributed by atoms with van der Waals surface area (Å²) in [5.74, 6) is -0.482.